The third kappa shape index (κ3) is 4.59. The Labute approximate surface area is 207 Å². The number of carbonyl (C=O) groups is 2. The third-order valence-corrected chi connectivity index (χ3v) is 5.69. The quantitative estimate of drug-likeness (QED) is 0.182. The number of amides is 1. The van der Waals surface area contributed by atoms with Gasteiger partial charge in [0.1, 0.15) is 4.88 Å². The van der Waals surface area contributed by atoms with Crippen LogP contribution in [-0.2, 0) is 9.53 Å². The number of esters is 1. The Morgan fingerprint density at radius 3 is 1.47 bits per heavy atom. The van der Waals surface area contributed by atoms with E-state index in [1.807, 2.05) is 0 Å². The van der Waals surface area contributed by atoms with Gasteiger partial charge in [-0.15, -0.1) is 0 Å². The average molecular weight is 635 g/mol. The molecule has 1 aromatic heterocycles. The van der Waals surface area contributed by atoms with E-state index in [1.165, 1.54) is 0 Å². The molecule has 220 valence electrons. The first kappa shape index (κ1) is 33.8. The fourth-order valence-corrected chi connectivity index (χ4v) is 3.21. The molecule has 38 heavy (non-hydrogen) atoms. The number of nitrogens with zero attached hydrogens (tertiary/aromatic N) is 1. The van der Waals surface area contributed by atoms with Gasteiger partial charge in [0.25, 0.3) is 0 Å². The molecule has 0 spiro atoms. The van der Waals surface area contributed by atoms with Gasteiger partial charge in [0.2, 0.25) is 0 Å². The van der Waals surface area contributed by atoms with Crippen molar-refractivity contribution in [3.8, 4) is 0 Å². The van der Waals surface area contributed by atoms with Gasteiger partial charge in [-0.3, -0.25) is 10.1 Å². The van der Waals surface area contributed by atoms with Crippen molar-refractivity contribution in [3.05, 3.63) is 10.6 Å². The average Bonchev–Trinajstić information content (AvgIpc) is 3.11. The number of halogens is 17. The van der Waals surface area contributed by atoms with Crippen LogP contribution in [0, 0.1) is 6.92 Å². The number of ether oxygens (including phenoxy) is 1. The largest absolute Gasteiger partial charge is 0.465 e. The monoisotopic (exact) mass is 634 g/mol. The molecule has 0 unspecified atom stereocenters. The minimum absolute atomic E-state index is 0.145. The van der Waals surface area contributed by atoms with E-state index in [4.69, 9.17) is 0 Å². The number of hydrogen-bond acceptors (Lipinski definition) is 5. The second kappa shape index (κ2) is 9.44. The highest BCUT2D eigenvalue weighted by molar-refractivity contribution is 7.17. The van der Waals surface area contributed by atoms with Gasteiger partial charge in [-0.2, -0.15) is 70.2 Å². The molecular formula is C15H7ClF16N2O3S. The Hall–Kier alpha value is -2.26. The Morgan fingerprint density at radius 2 is 1.11 bits per heavy atom. The fraction of sp³-hybridized carbons (Fsp3) is 0.667. The van der Waals surface area contributed by atoms with Gasteiger partial charge in [0, 0.05) is 0 Å². The molecule has 0 saturated carbocycles. The molecule has 0 aliphatic carbocycles. The van der Waals surface area contributed by atoms with Crippen molar-refractivity contribution in [2.45, 2.75) is 53.8 Å². The standard InChI is InChI=1S/C15H7ClF16N2O3S/c1-3-4(5(35)37-2)38-7(33-3)34-6(36)8(17,18)9(19,20)10(21,22)11(23,24)12(25,26)13(27,28)14(29,30)15(16,31)32/h1-2H3,(H,33,34,36). The van der Waals surface area contributed by atoms with E-state index in [0.717, 1.165) is 14.0 Å². The van der Waals surface area contributed by atoms with E-state index in [9.17, 15) is 79.8 Å². The van der Waals surface area contributed by atoms with Crippen molar-refractivity contribution in [1.29, 1.82) is 0 Å². The second-order valence-corrected chi connectivity index (χ2v) is 8.37. The number of thiazole rings is 1. The number of rotatable bonds is 10. The first-order valence-electron chi connectivity index (χ1n) is 8.59. The molecular weight excluding hydrogens is 628 g/mol. The minimum atomic E-state index is -8.70. The van der Waals surface area contributed by atoms with Crippen LogP contribution in [0.4, 0.5) is 75.4 Å². The summed E-state index contributed by atoms with van der Waals surface area (Å²) >= 11 is 3.27. The molecule has 0 bridgehead atoms. The Kier molecular flexibility index (Phi) is 8.38. The van der Waals surface area contributed by atoms with E-state index >= 15 is 0 Å². The van der Waals surface area contributed by atoms with Gasteiger partial charge in [-0.25, -0.2) is 9.78 Å². The zero-order chi connectivity index (χ0) is 30.7. The lowest BCUT2D eigenvalue weighted by atomic mass is 9.89. The summed E-state index contributed by atoms with van der Waals surface area (Å²) in [5, 5.41) is -7.54. The fourth-order valence-electron chi connectivity index (χ4n) is 2.21. The predicted molar refractivity (Wildman–Crippen MR) is 92.2 cm³/mol. The summed E-state index contributed by atoms with van der Waals surface area (Å²) in [6.07, 6.45) is 0. The molecule has 23 heteroatoms. The molecule has 0 saturated heterocycles. The van der Waals surface area contributed by atoms with Crippen molar-refractivity contribution in [3.63, 3.8) is 0 Å². The van der Waals surface area contributed by atoms with Crippen molar-refractivity contribution < 1.29 is 84.6 Å². The molecule has 0 atom stereocenters. The third-order valence-electron chi connectivity index (χ3n) is 4.40. The van der Waals surface area contributed by atoms with Crippen LogP contribution < -0.4 is 5.32 Å². The molecule has 0 fully saturated rings. The maximum Gasteiger partial charge on any atom is 0.393 e. The topological polar surface area (TPSA) is 68.3 Å². The number of alkyl halides is 17. The molecule has 0 aromatic carbocycles. The van der Waals surface area contributed by atoms with E-state index in [0.29, 0.717) is 5.32 Å². The molecule has 0 aliphatic rings. The van der Waals surface area contributed by atoms with Gasteiger partial charge >= 0.3 is 58.7 Å². The van der Waals surface area contributed by atoms with E-state index in [-0.39, 0.29) is 11.3 Å². The summed E-state index contributed by atoms with van der Waals surface area (Å²) in [5.41, 5.74) is -0.469. The van der Waals surface area contributed by atoms with Crippen LogP contribution in [0.5, 0.6) is 0 Å². The summed E-state index contributed by atoms with van der Waals surface area (Å²) in [4.78, 5) is 25.4. The van der Waals surface area contributed by atoms with Crippen LogP contribution >= 0.6 is 22.9 Å². The second-order valence-electron chi connectivity index (χ2n) is 6.90. The molecule has 0 aliphatic heterocycles. The van der Waals surface area contributed by atoms with Crippen LogP contribution in [0.3, 0.4) is 0 Å². The normalized spacial score (nSPS) is 14.9. The molecule has 1 N–H and O–H groups in total. The Bertz CT molecular complexity index is 1080. The smallest absolute Gasteiger partial charge is 0.393 e. The van der Waals surface area contributed by atoms with Gasteiger partial charge in [-0.1, -0.05) is 11.3 Å². The number of anilines is 1. The summed E-state index contributed by atoms with van der Waals surface area (Å²) in [6, 6.07) is 0. The lowest BCUT2D eigenvalue weighted by Gasteiger charge is -2.42. The summed E-state index contributed by atoms with van der Waals surface area (Å²) in [5.74, 6) is -62.5. The zero-order valence-corrected chi connectivity index (χ0v) is 19.1. The van der Waals surface area contributed by atoms with E-state index < -0.39 is 74.4 Å². The summed E-state index contributed by atoms with van der Waals surface area (Å²) < 4.78 is 219. The minimum Gasteiger partial charge on any atom is -0.465 e. The van der Waals surface area contributed by atoms with Crippen LogP contribution in [0.2, 0.25) is 0 Å². The number of aryl methyl sites for hydroxylation is 1. The number of nitrogens with one attached hydrogen (secondary N) is 1. The maximum absolute atomic E-state index is 13.9. The van der Waals surface area contributed by atoms with Crippen molar-refractivity contribution in [2.75, 3.05) is 12.4 Å². The van der Waals surface area contributed by atoms with Crippen LogP contribution in [0.25, 0.3) is 0 Å². The molecule has 1 amide bonds. The Balaban J connectivity index is 3.56. The van der Waals surface area contributed by atoms with Crippen molar-refractivity contribution in [2.24, 2.45) is 0 Å². The first-order chi connectivity index (χ1) is 16.5. The predicted octanol–water partition coefficient (Wildman–Crippen LogP) is 6.46. The van der Waals surface area contributed by atoms with Gasteiger partial charge in [-0.05, 0) is 18.5 Å². The lowest BCUT2D eigenvalue weighted by molar-refractivity contribution is -0.445. The molecule has 5 nitrogen and oxygen atoms in total. The first-order valence-corrected chi connectivity index (χ1v) is 9.78. The Morgan fingerprint density at radius 1 is 0.737 bits per heavy atom. The van der Waals surface area contributed by atoms with Gasteiger partial charge in [0.15, 0.2) is 5.13 Å². The molecule has 1 rings (SSSR count). The van der Waals surface area contributed by atoms with Crippen molar-refractivity contribution >= 4 is 39.9 Å². The number of aromatic nitrogens is 1. The molecule has 1 heterocycles. The van der Waals surface area contributed by atoms with E-state index in [1.54, 1.807) is 0 Å². The SMILES string of the molecule is COC(=O)c1sc(NC(=O)C(F)(F)C(F)(F)C(F)(F)C(F)(F)C(F)(F)C(F)(F)C(F)(F)C(F)(F)Cl)nc1C. The summed E-state index contributed by atoms with van der Waals surface area (Å²) in [6.45, 7) is 0.919. The van der Waals surface area contributed by atoms with Crippen molar-refractivity contribution in [1.82, 2.24) is 4.98 Å². The summed E-state index contributed by atoms with van der Waals surface area (Å²) in [7, 11) is 0.764. The molecule has 0 radical (unpaired) electrons. The lowest BCUT2D eigenvalue weighted by Crippen LogP contribution is -2.75. The highest BCUT2D eigenvalue weighted by atomic mass is 35.5. The van der Waals surface area contributed by atoms with Gasteiger partial charge < -0.3 is 4.74 Å². The highest BCUT2D eigenvalue weighted by Gasteiger charge is 2.95. The van der Waals surface area contributed by atoms with Crippen LogP contribution in [0.1, 0.15) is 15.4 Å². The van der Waals surface area contributed by atoms with Gasteiger partial charge in [0.05, 0.1) is 12.8 Å². The molecule has 1 aromatic rings. The maximum atomic E-state index is 13.9. The number of methoxy groups -OCH3 is 1. The van der Waals surface area contributed by atoms with E-state index in [2.05, 4.69) is 21.3 Å². The van der Waals surface area contributed by atoms with Crippen LogP contribution in [-0.4, -0.2) is 70.8 Å². The number of hydrogen-bond donors (Lipinski definition) is 1. The number of carbonyl (C=O) groups excluding carboxylic acids is 2. The zero-order valence-electron chi connectivity index (χ0n) is 17.5. The highest BCUT2D eigenvalue weighted by Crippen LogP contribution is 2.64. The van der Waals surface area contributed by atoms with Crippen LogP contribution in [0.15, 0.2) is 0 Å².